The van der Waals surface area contributed by atoms with E-state index in [1.807, 2.05) is 0 Å². The summed E-state index contributed by atoms with van der Waals surface area (Å²) in [5, 5.41) is 22.1. The summed E-state index contributed by atoms with van der Waals surface area (Å²) < 4.78 is 0. The lowest BCUT2D eigenvalue weighted by molar-refractivity contribution is -0.0107. The van der Waals surface area contributed by atoms with Crippen molar-refractivity contribution in [3.63, 3.8) is 0 Å². The highest BCUT2D eigenvalue weighted by molar-refractivity contribution is 7.17. The van der Waals surface area contributed by atoms with Crippen molar-refractivity contribution < 1.29 is 9.90 Å². The van der Waals surface area contributed by atoms with Gasteiger partial charge in [-0.1, -0.05) is 18.3 Å². The van der Waals surface area contributed by atoms with Gasteiger partial charge < -0.3 is 15.3 Å². The highest BCUT2D eigenvalue weighted by Gasteiger charge is 2.32. The summed E-state index contributed by atoms with van der Waals surface area (Å²) >= 11 is 1.27. The molecule has 1 aliphatic rings. The van der Waals surface area contributed by atoms with Gasteiger partial charge in [0.15, 0.2) is 0 Å². The number of piperidine rings is 1. The first-order chi connectivity index (χ1) is 9.02. The number of nitrogens with zero attached hydrogens (tertiary/aromatic N) is 3. The standard InChI is InChI=1S/C12H20N4O2S/c1-3-6-13-11-15-14-9(19-11)10(17)16-7-4-5-12(2,18)8-16/h18H,3-8H2,1-2H3,(H,13,15). The van der Waals surface area contributed by atoms with Crippen LogP contribution in [-0.4, -0.2) is 51.3 Å². The molecule has 2 heterocycles. The predicted molar refractivity (Wildman–Crippen MR) is 74.5 cm³/mol. The quantitative estimate of drug-likeness (QED) is 0.872. The van der Waals surface area contributed by atoms with Crippen molar-refractivity contribution in [2.24, 2.45) is 0 Å². The Morgan fingerprint density at radius 1 is 1.58 bits per heavy atom. The zero-order valence-corrected chi connectivity index (χ0v) is 12.2. The van der Waals surface area contributed by atoms with E-state index in [0.29, 0.717) is 23.2 Å². The Morgan fingerprint density at radius 3 is 3.05 bits per heavy atom. The van der Waals surface area contributed by atoms with Gasteiger partial charge in [0.2, 0.25) is 10.1 Å². The fourth-order valence-electron chi connectivity index (χ4n) is 2.14. The number of amides is 1. The molecule has 1 amide bonds. The van der Waals surface area contributed by atoms with Crippen LogP contribution < -0.4 is 5.32 Å². The second-order valence-electron chi connectivity index (χ2n) is 5.17. The Labute approximate surface area is 116 Å². The fourth-order valence-corrected chi connectivity index (χ4v) is 2.88. The normalized spacial score (nSPS) is 23.4. The molecule has 7 heteroatoms. The van der Waals surface area contributed by atoms with Crippen LogP contribution in [0.15, 0.2) is 0 Å². The number of carbonyl (C=O) groups excluding carboxylic acids is 1. The maximum absolute atomic E-state index is 12.3. The van der Waals surface area contributed by atoms with Crippen LogP contribution in [0.5, 0.6) is 0 Å². The van der Waals surface area contributed by atoms with Gasteiger partial charge in [-0.25, -0.2) is 0 Å². The summed E-state index contributed by atoms with van der Waals surface area (Å²) in [5.74, 6) is -0.137. The molecular weight excluding hydrogens is 264 g/mol. The molecule has 6 nitrogen and oxygen atoms in total. The molecule has 106 valence electrons. The molecular formula is C12H20N4O2S. The Hall–Kier alpha value is -1.21. The van der Waals surface area contributed by atoms with Crippen LogP contribution >= 0.6 is 11.3 Å². The van der Waals surface area contributed by atoms with Gasteiger partial charge >= 0.3 is 0 Å². The van der Waals surface area contributed by atoms with Gasteiger partial charge in [-0.05, 0) is 26.2 Å². The summed E-state index contributed by atoms with van der Waals surface area (Å²) in [6.45, 7) is 5.69. The first kappa shape index (κ1) is 14.2. The Bertz CT molecular complexity index is 447. The van der Waals surface area contributed by atoms with E-state index in [2.05, 4.69) is 22.4 Å². The Morgan fingerprint density at radius 2 is 2.37 bits per heavy atom. The average molecular weight is 284 g/mol. The van der Waals surface area contributed by atoms with E-state index in [0.717, 1.165) is 25.8 Å². The molecule has 0 radical (unpaired) electrons. The monoisotopic (exact) mass is 284 g/mol. The number of anilines is 1. The molecule has 0 spiro atoms. The molecule has 1 aliphatic heterocycles. The molecule has 0 saturated carbocycles. The number of β-amino-alcohol motifs (C(OH)–C–C–N with tert-alkyl or cyclic N) is 1. The van der Waals surface area contributed by atoms with Gasteiger partial charge in [0.25, 0.3) is 5.91 Å². The molecule has 1 saturated heterocycles. The van der Waals surface area contributed by atoms with Gasteiger partial charge in [-0.3, -0.25) is 4.79 Å². The minimum absolute atomic E-state index is 0.137. The molecule has 2 N–H and O–H groups in total. The highest BCUT2D eigenvalue weighted by Crippen LogP contribution is 2.23. The first-order valence-corrected chi connectivity index (χ1v) is 7.42. The maximum Gasteiger partial charge on any atom is 0.285 e. The summed E-state index contributed by atoms with van der Waals surface area (Å²) in [7, 11) is 0. The lowest BCUT2D eigenvalue weighted by atomic mass is 9.95. The number of likely N-dealkylation sites (tertiary alicyclic amines) is 1. The predicted octanol–water partition coefficient (Wildman–Crippen LogP) is 1.35. The van der Waals surface area contributed by atoms with Crippen LogP contribution in [0.4, 0.5) is 5.13 Å². The van der Waals surface area contributed by atoms with Crippen LogP contribution in [0.1, 0.15) is 42.9 Å². The summed E-state index contributed by atoms with van der Waals surface area (Å²) in [6.07, 6.45) is 2.55. The number of hydrogen-bond acceptors (Lipinski definition) is 6. The molecule has 1 unspecified atom stereocenters. The second kappa shape index (κ2) is 5.83. The largest absolute Gasteiger partial charge is 0.388 e. The van der Waals surface area contributed by atoms with E-state index in [-0.39, 0.29) is 5.91 Å². The fraction of sp³-hybridized carbons (Fsp3) is 0.750. The van der Waals surface area contributed by atoms with Crippen LogP contribution in [0.2, 0.25) is 0 Å². The second-order valence-corrected chi connectivity index (χ2v) is 6.14. The van der Waals surface area contributed by atoms with E-state index in [4.69, 9.17) is 0 Å². The van der Waals surface area contributed by atoms with Gasteiger partial charge in [-0.15, -0.1) is 10.2 Å². The van der Waals surface area contributed by atoms with Crippen LogP contribution in [0, 0.1) is 0 Å². The van der Waals surface area contributed by atoms with Gasteiger partial charge in [0.1, 0.15) is 0 Å². The number of aliphatic hydroxyl groups is 1. The number of carbonyl (C=O) groups is 1. The smallest absolute Gasteiger partial charge is 0.285 e. The van der Waals surface area contributed by atoms with Crippen LogP contribution in [0.3, 0.4) is 0 Å². The molecule has 1 fully saturated rings. The van der Waals surface area contributed by atoms with Gasteiger partial charge in [0, 0.05) is 19.6 Å². The van der Waals surface area contributed by atoms with Crippen LogP contribution in [0.25, 0.3) is 0 Å². The average Bonchev–Trinajstić information content (AvgIpc) is 2.83. The van der Waals surface area contributed by atoms with Crippen molar-refractivity contribution in [3.8, 4) is 0 Å². The molecule has 1 aromatic heterocycles. The molecule has 19 heavy (non-hydrogen) atoms. The minimum Gasteiger partial charge on any atom is -0.388 e. The SMILES string of the molecule is CCCNc1nnc(C(=O)N2CCCC(C)(O)C2)s1. The first-order valence-electron chi connectivity index (χ1n) is 6.61. The number of hydrogen-bond donors (Lipinski definition) is 2. The van der Waals surface area contributed by atoms with Crippen molar-refractivity contribution in [2.75, 3.05) is 25.0 Å². The molecule has 0 bridgehead atoms. The zero-order valence-electron chi connectivity index (χ0n) is 11.3. The van der Waals surface area contributed by atoms with E-state index in [9.17, 15) is 9.90 Å². The molecule has 0 aromatic carbocycles. The lowest BCUT2D eigenvalue weighted by Gasteiger charge is -2.36. The minimum atomic E-state index is -0.790. The molecule has 2 rings (SSSR count). The van der Waals surface area contributed by atoms with Crippen LogP contribution in [-0.2, 0) is 0 Å². The maximum atomic E-state index is 12.3. The summed E-state index contributed by atoms with van der Waals surface area (Å²) in [5.41, 5.74) is -0.790. The summed E-state index contributed by atoms with van der Waals surface area (Å²) in [4.78, 5) is 13.9. The third kappa shape index (κ3) is 3.63. The van der Waals surface area contributed by atoms with E-state index in [1.165, 1.54) is 11.3 Å². The summed E-state index contributed by atoms with van der Waals surface area (Å²) in [6, 6.07) is 0. The van der Waals surface area contributed by atoms with E-state index >= 15 is 0 Å². The third-order valence-corrected chi connectivity index (χ3v) is 3.97. The number of aromatic nitrogens is 2. The van der Waals surface area contributed by atoms with Crippen molar-refractivity contribution in [1.82, 2.24) is 15.1 Å². The van der Waals surface area contributed by atoms with E-state index in [1.54, 1.807) is 11.8 Å². The van der Waals surface area contributed by atoms with Crippen molar-refractivity contribution >= 4 is 22.4 Å². The topological polar surface area (TPSA) is 78.4 Å². The Kier molecular flexibility index (Phi) is 4.36. The molecule has 1 aromatic rings. The van der Waals surface area contributed by atoms with Crippen molar-refractivity contribution in [3.05, 3.63) is 5.01 Å². The van der Waals surface area contributed by atoms with Gasteiger partial charge in [0.05, 0.1) is 5.60 Å². The van der Waals surface area contributed by atoms with Crippen molar-refractivity contribution in [2.45, 2.75) is 38.7 Å². The van der Waals surface area contributed by atoms with E-state index < -0.39 is 5.60 Å². The molecule has 0 aliphatic carbocycles. The highest BCUT2D eigenvalue weighted by atomic mass is 32.1. The third-order valence-electron chi connectivity index (χ3n) is 3.10. The molecule has 1 atom stereocenters. The Balaban J connectivity index is 2.01. The van der Waals surface area contributed by atoms with Crippen molar-refractivity contribution in [1.29, 1.82) is 0 Å². The number of rotatable bonds is 4. The number of nitrogens with one attached hydrogen (secondary N) is 1. The lowest BCUT2D eigenvalue weighted by Crippen LogP contribution is -2.48. The zero-order chi connectivity index (χ0) is 13.9. The van der Waals surface area contributed by atoms with Gasteiger partial charge in [-0.2, -0.15) is 0 Å².